The molecule has 0 aliphatic heterocycles. The van der Waals surface area contributed by atoms with Crippen molar-refractivity contribution >= 4 is 0 Å². The molecule has 4 heteroatoms. The highest BCUT2D eigenvalue weighted by atomic mass is 19.4. The molecule has 0 amide bonds. The summed E-state index contributed by atoms with van der Waals surface area (Å²) in [5.74, 6) is 0. The van der Waals surface area contributed by atoms with Crippen LogP contribution in [-0.2, 0) is 6.42 Å². The number of alkyl halides is 3. The molecule has 0 bridgehead atoms. The van der Waals surface area contributed by atoms with Crippen LogP contribution >= 0.6 is 0 Å². The minimum absolute atomic E-state index is 1.14. The zero-order chi connectivity index (χ0) is 12.2. The first kappa shape index (κ1) is 14.9. The Morgan fingerprint density at radius 3 is 2.31 bits per heavy atom. The van der Waals surface area contributed by atoms with Gasteiger partial charge in [0.1, 0.15) is 0 Å². The Kier molecular flexibility index (Phi) is 9.76. The number of pyridine rings is 1. The predicted molar refractivity (Wildman–Crippen MR) is 59.2 cm³/mol. The summed E-state index contributed by atoms with van der Waals surface area (Å²) in [6.07, 6.45) is 8.29. The van der Waals surface area contributed by atoms with Gasteiger partial charge in [-0.25, -0.2) is 0 Å². The lowest BCUT2D eigenvalue weighted by Crippen LogP contribution is -1.88. The number of hydrogen-bond acceptors (Lipinski definition) is 1. The van der Waals surface area contributed by atoms with E-state index in [0.29, 0.717) is 0 Å². The van der Waals surface area contributed by atoms with E-state index in [1.54, 1.807) is 0 Å². The second-order valence-electron chi connectivity index (χ2n) is 3.38. The van der Waals surface area contributed by atoms with Crippen molar-refractivity contribution in [3.05, 3.63) is 30.1 Å². The number of nitrogens with zero attached hydrogens (tertiary/aromatic N) is 1. The van der Waals surface area contributed by atoms with Crippen molar-refractivity contribution in [1.82, 2.24) is 4.98 Å². The lowest BCUT2D eigenvalue weighted by atomic mass is 10.1. The van der Waals surface area contributed by atoms with Crippen molar-refractivity contribution in [2.24, 2.45) is 0 Å². The fraction of sp³-hybridized carbons (Fsp3) is 0.583. The second-order valence-corrected chi connectivity index (χ2v) is 3.38. The third-order valence-corrected chi connectivity index (χ3v) is 2.01. The summed E-state index contributed by atoms with van der Waals surface area (Å²) in [5.41, 5.74) is 1.23. The van der Waals surface area contributed by atoms with E-state index in [1.165, 1.54) is 31.4 Å². The average Bonchev–Trinajstić information content (AvgIpc) is 2.25. The number of aryl methyl sites for hydroxylation is 1. The van der Waals surface area contributed by atoms with Gasteiger partial charge in [-0.15, -0.1) is 0 Å². The summed E-state index contributed by atoms with van der Waals surface area (Å²) in [5, 5.41) is 0. The molecule has 0 atom stereocenters. The SMILES string of the molecule is CCCCCCc1ccccn1.FC(F)F. The summed E-state index contributed by atoms with van der Waals surface area (Å²) in [4.78, 5) is 4.28. The van der Waals surface area contributed by atoms with Crippen LogP contribution in [0.2, 0.25) is 0 Å². The Labute approximate surface area is 94.7 Å². The molecular weight excluding hydrogens is 215 g/mol. The first-order chi connectivity index (χ1) is 7.66. The van der Waals surface area contributed by atoms with Crippen LogP contribution in [0.15, 0.2) is 24.4 Å². The first-order valence-electron chi connectivity index (χ1n) is 5.49. The van der Waals surface area contributed by atoms with Gasteiger partial charge in [-0.2, -0.15) is 13.2 Å². The molecule has 0 saturated carbocycles. The number of rotatable bonds is 5. The minimum atomic E-state index is -3.67. The second kappa shape index (κ2) is 10.5. The van der Waals surface area contributed by atoms with E-state index >= 15 is 0 Å². The number of unbranched alkanes of at least 4 members (excludes halogenated alkanes) is 3. The van der Waals surface area contributed by atoms with E-state index in [1.807, 2.05) is 12.3 Å². The predicted octanol–water partition coefficient (Wildman–Crippen LogP) is 4.38. The van der Waals surface area contributed by atoms with Gasteiger partial charge in [-0.3, -0.25) is 4.98 Å². The molecule has 0 aliphatic rings. The quantitative estimate of drug-likeness (QED) is 0.687. The fourth-order valence-corrected chi connectivity index (χ4v) is 1.28. The highest BCUT2D eigenvalue weighted by Crippen LogP contribution is 2.04. The Balaban J connectivity index is 0.000000487. The molecule has 1 heterocycles. The van der Waals surface area contributed by atoms with Crippen molar-refractivity contribution in [2.45, 2.75) is 45.7 Å². The molecule has 0 aromatic carbocycles. The molecule has 16 heavy (non-hydrogen) atoms. The Hall–Kier alpha value is -1.06. The summed E-state index contributed by atoms with van der Waals surface area (Å²) in [7, 11) is 0. The molecular formula is C12H18F3N. The third kappa shape index (κ3) is 11.0. The zero-order valence-electron chi connectivity index (χ0n) is 9.50. The van der Waals surface area contributed by atoms with Gasteiger partial charge in [-0.05, 0) is 25.0 Å². The molecule has 1 aromatic rings. The summed E-state index contributed by atoms with van der Waals surface area (Å²) in [6.45, 7) is -1.43. The summed E-state index contributed by atoms with van der Waals surface area (Å²) >= 11 is 0. The van der Waals surface area contributed by atoms with E-state index in [0.717, 1.165) is 6.42 Å². The topological polar surface area (TPSA) is 12.9 Å². The molecule has 1 aromatic heterocycles. The van der Waals surface area contributed by atoms with Crippen LogP contribution in [0, 0.1) is 0 Å². The largest absolute Gasteiger partial charge is 0.379 e. The third-order valence-electron chi connectivity index (χ3n) is 2.01. The fourth-order valence-electron chi connectivity index (χ4n) is 1.28. The first-order valence-corrected chi connectivity index (χ1v) is 5.49. The molecule has 0 unspecified atom stereocenters. The molecule has 0 N–H and O–H groups in total. The Bertz CT molecular complexity index is 237. The summed E-state index contributed by atoms with van der Waals surface area (Å²) < 4.78 is 29.0. The lowest BCUT2D eigenvalue weighted by molar-refractivity contribution is 0.00819. The van der Waals surface area contributed by atoms with E-state index in [4.69, 9.17) is 0 Å². The van der Waals surface area contributed by atoms with E-state index in [9.17, 15) is 13.2 Å². The monoisotopic (exact) mass is 233 g/mol. The highest BCUT2D eigenvalue weighted by molar-refractivity contribution is 5.03. The lowest BCUT2D eigenvalue weighted by Gasteiger charge is -1.98. The molecule has 0 radical (unpaired) electrons. The van der Waals surface area contributed by atoms with Gasteiger partial charge in [0, 0.05) is 11.9 Å². The molecule has 0 aliphatic carbocycles. The van der Waals surface area contributed by atoms with Gasteiger partial charge in [0.15, 0.2) is 0 Å². The van der Waals surface area contributed by atoms with Crippen LogP contribution in [0.5, 0.6) is 0 Å². The maximum Gasteiger partial charge on any atom is 0.379 e. The van der Waals surface area contributed by atoms with Gasteiger partial charge >= 0.3 is 6.68 Å². The standard InChI is InChI=1S/C11H17N.CHF3/c1-2-3-4-5-8-11-9-6-7-10-12-11;2-1(3)4/h6-7,9-10H,2-5,8H2,1H3;1H. The van der Waals surface area contributed by atoms with Crippen molar-refractivity contribution in [3.63, 3.8) is 0 Å². The zero-order valence-corrected chi connectivity index (χ0v) is 9.50. The van der Waals surface area contributed by atoms with Crippen LogP contribution in [0.3, 0.4) is 0 Å². The normalized spacial score (nSPS) is 9.81. The number of aromatic nitrogens is 1. The average molecular weight is 233 g/mol. The number of hydrogen-bond donors (Lipinski definition) is 0. The highest BCUT2D eigenvalue weighted by Gasteiger charge is 1.92. The van der Waals surface area contributed by atoms with E-state index < -0.39 is 6.68 Å². The van der Waals surface area contributed by atoms with Crippen molar-refractivity contribution in [2.75, 3.05) is 0 Å². The Morgan fingerprint density at radius 2 is 1.81 bits per heavy atom. The maximum absolute atomic E-state index is 9.67. The van der Waals surface area contributed by atoms with Gasteiger partial charge < -0.3 is 0 Å². The number of halogens is 3. The molecule has 1 nitrogen and oxygen atoms in total. The van der Waals surface area contributed by atoms with E-state index in [2.05, 4.69) is 24.0 Å². The molecule has 92 valence electrons. The summed E-state index contributed by atoms with van der Waals surface area (Å²) in [6, 6.07) is 6.13. The van der Waals surface area contributed by atoms with Crippen LogP contribution in [0.1, 0.15) is 38.3 Å². The molecule has 0 saturated heterocycles. The van der Waals surface area contributed by atoms with Crippen LogP contribution in [-0.4, -0.2) is 11.7 Å². The van der Waals surface area contributed by atoms with Crippen LogP contribution < -0.4 is 0 Å². The van der Waals surface area contributed by atoms with Crippen LogP contribution in [0.4, 0.5) is 13.2 Å². The van der Waals surface area contributed by atoms with Crippen molar-refractivity contribution < 1.29 is 13.2 Å². The smallest absolute Gasteiger partial charge is 0.261 e. The Morgan fingerprint density at radius 1 is 1.12 bits per heavy atom. The van der Waals surface area contributed by atoms with E-state index in [-0.39, 0.29) is 0 Å². The minimum Gasteiger partial charge on any atom is -0.261 e. The molecule has 0 fully saturated rings. The maximum atomic E-state index is 9.67. The van der Waals surface area contributed by atoms with Crippen molar-refractivity contribution in [3.8, 4) is 0 Å². The van der Waals surface area contributed by atoms with Gasteiger partial charge in [0.25, 0.3) is 0 Å². The molecule has 0 spiro atoms. The van der Waals surface area contributed by atoms with Crippen LogP contribution in [0.25, 0.3) is 0 Å². The van der Waals surface area contributed by atoms with Crippen molar-refractivity contribution in [1.29, 1.82) is 0 Å². The van der Waals surface area contributed by atoms with Gasteiger partial charge in [0.2, 0.25) is 0 Å². The van der Waals surface area contributed by atoms with Gasteiger partial charge in [0.05, 0.1) is 0 Å². The molecule has 1 rings (SSSR count). The van der Waals surface area contributed by atoms with Gasteiger partial charge in [-0.1, -0.05) is 32.3 Å².